The molecule has 0 atom stereocenters. The number of rotatable bonds is 7. The van der Waals surface area contributed by atoms with Crippen LogP contribution in [0, 0.1) is 0 Å². The van der Waals surface area contributed by atoms with Crippen LogP contribution in [0.15, 0.2) is 152 Å². The summed E-state index contributed by atoms with van der Waals surface area (Å²) in [4.78, 5) is 10.6. The number of para-hydroxylation sites is 1. The third-order valence-corrected chi connectivity index (χ3v) is 14.7. The Morgan fingerprint density at radius 2 is 1.08 bits per heavy atom. The van der Waals surface area contributed by atoms with E-state index in [0.717, 1.165) is 98.4 Å². The number of imidazole rings is 1. The molecule has 1 saturated carbocycles. The summed E-state index contributed by atoms with van der Waals surface area (Å²) in [5.74, 6) is 1.01. The maximum atomic E-state index is 12.5. The molecule has 0 unspecified atom stereocenters. The second-order valence-corrected chi connectivity index (χ2v) is 22.7. The first kappa shape index (κ1) is 44.9. The molecule has 2 heterocycles. The van der Waals surface area contributed by atoms with Crippen molar-refractivity contribution in [3.05, 3.63) is 180 Å². The monoisotopic (exact) mass is 870 g/mol. The van der Waals surface area contributed by atoms with Crippen LogP contribution in [0.3, 0.4) is 0 Å². The standard InChI is InChI=1S/C62H67N3O/c1-58(2,3)47-36-43(35-44(37-47)53-38-42(29-34-63-53)41-19-14-12-15-20-41)50-23-18-24-54-55(50)64-57(51-39-48(59(4,5)6)40-52(56(51)66)60(7,8)9)65(54)49-27-25-46(26-28-49)62(11)32-30-61(10,31-33-62)45-21-16-13-17-22-45/h12-29,34-40,66H,30-33H2,1-11H3. The van der Waals surface area contributed by atoms with Gasteiger partial charge in [0.15, 0.2) is 0 Å². The van der Waals surface area contributed by atoms with Crippen LogP contribution < -0.4 is 0 Å². The summed E-state index contributed by atoms with van der Waals surface area (Å²) in [5.41, 5.74) is 15.8. The minimum Gasteiger partial charge on any atom is -0.507 e. The topological polar surface area (TPSA) is 50.9 Å². The molecule has 0 bridgehead atoms. The largest absolute Gasteiger partial charge is 0.507 e. The number of phenolic OH excluding ortho intramolecular Hbond substituents is 1. The highest BCUT2D eigenvalue weighted by atomic mass is 16.3. The van der Waals surface area contributed by atoms with Gasteiger partial charge in [-0.3, -0.25) is 9.55 Å². The van der Waals surface area contributed by atoms with Gasteiger partial charge in [0, 0.05) is 28.6 Å². The van der Waals surface area contributed by atoms with Gasteiger partial charge in [-0.2, -0.15) is 0 Å². The number of benzene rings is 6. The number of pyridine rings is 1. The number of hydrogen-bond donors (Lipinski definition) is 1. The van der Waals surface area contributed by atoms with Crippen LogP contribution in [0.5, 0.6) is 5.75 Å². The number of fused-ring (bicyclic) bond motifs is 1. The van der Waals surface area contributed by atoms with E-state index in [0.29, 0.717) is 0 Å². The predicted octanol–water partition coefficient (Wildman–Crippen LogP) is 16.5. The Morgan fingerprint density at radius 1 is 0.500 bits per heavy atom. The van der Waals surface area contributed by atoms with Crippen LogP contribution in [0.2, 0.25) is 0 Å². The lowest BCUT2D eigenvalue weighted by Gasteiger charge is -2.44. The molecule has 1 aliphatic rings. The van der Waals surface area contributed by atoms with E-state index in [1.165, 1.54) is 16.7 Å². The molecule has 1 aliphatic carbocycles. The fourth-order valence-corrected chi connectivity index (χ4v) is 10.1. The van der Waals surface area contributed by atoms with Crippen LogP contribution in [-0.2, 0) is 27.1 Å². The van der Waals surface area contributed by atoms with Gasteiger partial charge < -0.3 is 5.11 Å². The molecule has 0 radical (unpaired) electrons. The van der Waals surface area contributed by atoms with Crippen LogP contribution >= 0.6 is 0 Å². The average Bonchev–Trinajstić information content (AvgIpc) is 3.69. The van der Waals surface area contributed by atoms with Gasteiger partial charge >= 0.3 is 0 Å². The Labute approximate surface area is 393 Å². The molecule has 0 saturated heterocycles. The molecule has 0 aliphatic heterocycles. The van der Waals surface area contributed by atoms with Crippen molar-refractivity contribution in [2.75, 3.05) is 0 Å². The van der Waals surface area contributed by atoms with Gasteiger partial charge in [-0.1, -0.05) is 173 Å². The first-order chi connectivity index (χ1) is 31.2. The highest BCUT2D eigenvalue weighted by molar-refractivity contribution is 5.97. The van der Waals surface area contributed by atoms with Gasteiger partial charge in [0.05, 0.1) is 22.3 Å². The Balaban J connectivity index is 1.22. The van der Waals surface area contributed by atoms with Crippen molar-refractivity contribution in [3.8, 4) is 56.3 Å². The van der Waals surface area contributed by atoms with E-state index >= 15 is 0 Å². The van der Waals surface area contributed by atoms with Gasteiger partial charge in [0.25, 0.3) is 0 Å². The van der Waals surface area contributed by atoms with Crippen LogP contribution in [0.25, 0.3) is 61.6 Å². The van der Waals surface area contributed by atoms with Gasteiger partial charge in [0.2, 0.25) is 0 Å². The third-order valence-electron chi connectivity index (χ3n) is 14.7. The van der Waals surface area contributed by atoms with Crippen molar-refractivity contribution >= 4 is 11.0 Å². The van der Waals surface area contributed by atoms with Crippen molar-refractivity contribution in [2.24, 2.45) is 0 Å². The second kappa shape index (κ2) is 16.6. The van der Waals surface area contributed by atoms with E-state index in [4.69, 9.17) is 9.97 Å². The van der Waals surface area contributed by atoms with Crippen molar-refractivity contribution in [3.63, 3.8) is 0 Å². The zero-order valence-corrected chi connectivity index (χ0v) is 41.1. The van der Waals surface area contributed by atoms with E-state index in [1.807, 2.05) is 6.20 Å². The molecule has 0 spiro atoms. The number of aromatic nitrogens is 3. The number of phenols is 1. The minimum atomic E-state index is -0.300. The Bertz CT molecular complexity index is 3040. The molecule has 1 N–H and O–H groups in total. The summed E-state index contributed by atoms with van der Waals surface area (Å²) < 4.78 is 2.28. The number of aromatic hydroxyl groups is 1. The summed E-state index contributed by atoms with van der Waals surface area (Å²) in [6, 6.07) is 52.9. The quantitative estimate of drug-likeness (QED) is 0.174. The lowest BCUT2D eigenvalue weighted by atomic mass is 9.61. The van der Waals surface area contributed by atoms with Crippen LogP contribution in [0.4, 0.5) is 0 Å². The van der Waals surface area contributed by atoms with Gasteiger partial charge in [-0.05, 0) is 140 Å². The Morgan fingerprint density at radius 3 is 1.68 bits per heavy atom. The highest BCUT2D eigenvalue weighted by Crippen LogP contribution is 2.49. The average molecular weight is 870 g/mol. The molecule has 4 nitrogen and oxygen atoms in total. The lowest BCUT2D eigenvalue weighted by Crippen LogP contribution is -2.36. The Hall–Kier alpha value is -6.26. The summed E-state index contributed by atoms with van der Waals surface area (Å²) in [6.07, 6.45) is 6.48. The van der Waals surface area contributed by atoms with E-state index in [9.17, 15) is 5.11 Å². The van der Waals surface area contributed by atoms with Crippen molar-refractivity contribution in [1.82, 2.24) is 14.5 Å². The summed E-state index contributed by atoms with van der Waals surface area (Å²) in [6.45, 7) is 25.0. The van der Waals surface area contributed by atoms with Crippen LogP contribution in [0.1, 0.15) is 130 Å². The molecule has 9 rings (SSSR count). The lowest BCUT2D eigenvalue weighted by molar-refractivity contribution is 0.223. The van der Waals surface area contributed by atoms with E-state index in [1.54, 1.807) is 0 Å². The fraction of sp³-hybridized carbons (Fsp3) is 0.323. The summed E-state index contributed by atoms with van der Waals surface area (Å²) in [5, 5.41) is 12.5. The molecule has 0 amide bonds. The smallest absolute Gasteiger partial charge is 0.149 e. The minimum absolute atomic E-state index is 0.0754. The fourth-order valence-electron chi connectivity index (χ4n) is 10.1. The molecule has 2 aromatic heterocycles. The Kier molecular flexibility index (Phi) is 11.3. The van der Waals surface area contributed by atoms with Gasteiger partial charge in [0.1, 0.15) is 11.6 Å². The van der Waals surface area contributed by atoms with Crippen molar-refractivity contribution in [1.29, 1.82) is 0 Å². The second-order valence-electron chi connectivity index (χ2n) is 22.7. The van der Waals surface area contributed by atoms with Gasteiger partial charge in [-0.25, -0.2) is 4.98 Å². The van der Waals surface area contributed by atoms with Crippen LogP contribution in [-0.4, -0.2) is 19.6 Å². The summed E-state index contributed by atoms with van der Waals surface area (Å²) >= 11 is 0. The summed E-state index contributed by atoms with van der Waals surface area (Å²) in [7, 11) is 0. The molecule has 6 aromatic carbocycles. The zero-order valence-electron chi connectivity index (χ0n) is 41.1. The van der Waals surface area contributed by atoms with Crippen molar-refractivity contribution in [2.45, 2.75) is 129 Å². The predicted molar refractivity (Wildman–Crippen MR) is 278 cm³/mol. The third kappa shape index (κ3) is 8.52. The normalized spacial score (nSPS) is 18.2. The molecular weight excluding hydrogens is 803 g/mol. The zero-order chi connectivity index (χ0) is 46.8. The number of hydrogen-bond acceptors (Lipinski definition) is 3. The van der Waals surface area contributed by atoms with Crippen molar-refractivity contribution < 1.29 is 5.11 Å². The molecule has 4 heteroatoms. The molecule has 66 heavy (non-hydrogen) atoms. The molecule has 1 fully saturated rings. The maximum absolute atomic E-state index is 12.5. The molecule has 336 valence electrons. The maximum Gasteiger partial charge on any atom is 0.149 e. The highest BCUT2D eigenvalue weighted by Gasteiger charge is 2.39. The molecule has 8 aromatic rings. The van der Waals surface area contributed by atoms with E-state index in [2.05, 4.69) is 226 Å². The SMILES string of the molecule is CC(C)(C)c1cc(-c2cc(-c3ccccc3)ccn2)cc(-c2cccc3c2nc(-c2cc(C(C)(C)C)cc(C(C)(C)C)c2O)n3-c2ccc(C3(C)CCC(C)(c4ccccc4)CC3)cc2)c1. The molecular formula is C62H67N3O. The van der Waals surface area contributed by atoms with Gasteiger partial charge in [-0.15, -0.1) is 0 Å². The number of nitrogens with zero attached hydrogens (tertiary/aromatic N) is 3. The first-order valence-electron chi connectivity index (χ1n) is 24.0. The first-order valence-corrected chi connectivity index (χ1v) is 24.0. The van der Waals surface area contributed by atoms with E-state index in [-0.39, 0.29) is 32.8 Å². The van der Waals surface area contributed by atoms with E-state index < -0.39 is 0 Å².